The van der Waals surface area contributed by atoms with Gasteiger partial charge in [-0.2, -0.15) is 0 Å². The monoisotopic (exact) mass is 400 g/mol. The van der Waals surface area contributed by atoms with Crippen LogP contribution in [0, 0.1) is 0 Å². The lowest BCUT2D eigenvalue weighted by atomic mass is 10.0. The molecule has 0 aliphatic carbocycles. The standard InChI is InChI=1S/C15H17ClN6O3.ClH/c16-11-5-4-10(22-9-17-19-20-22)7-12(11)18-14(23)8-21-6-2-1-3-13(21)15(24)25;/h4-5,7,9,13H,1-3,6,8H2,(H,18,23)(H,24,25);1H. The minimum absolute atomic E-state index is 0. The van der Waals surface area contributed by atoms with Crippen molar-refractivity contribution in [3.8, 4) is 5.69 Å². The Balaban J connectivity index is 0.00000243. The SMILES string of the molecule is Cl.O=C(CN1CCCCC1C(=O)O)Nc1cc(-n2cnnn2)ccc1Cl. The Labute approximate surface area is 160 Å². The zero-order valence-electron chi connectivity index (χ0n) is 13.7. The van der Waals surface area contributed by atoms with Crippen LogP contribution in [0.3, 0.4) is 0 Å². The quantitative estimate of drug-likeness (QED) is 0.783. The molecule has 1 amide bonds. The topological polar surface area (TPSA) is 113 Å². The van der Waals surface area contributed by atoms with Crippen LogP contribution in [0.1, 0.15) is 19.3 Å². The molecule has 9 nitrogen and oxygen atoms in total. The molecule has 2 aromatic rings. The summed E-state index contributed by atoms with van der Waals surface area (Å²) in [5.74, 6) is -1.21. The van der Waals surface area contributed by atoms with E-state index in [9.17, 15) is 14.7 Å². The van der Waals surface area contributed by atoms with Crippen molar-refractivity contribution in [1.82, 2.24) is 25.1 Å². The first kappa shape index (κ1) is 20.1. The minimum Gasteiger partial charge on any atom is -0.480 e. The van der Waals surface area contributed by atoms with E-state index in [0.717, 1.165) is 12.8 Å². The third kappa shape index (κ3) is 4.69. The highest BCUT2D eigenvalue weighted by Gasteiger charge is 2.29. The molecule has 1 unspecified atom stereocenters. The highest BCUT2D eigenvalue weighted by Crippen LogP contribution is 2.25. The largest absolute Gasteiger partial charge is 0.480 e. The highest BCUT2D eigenvalue weighted by molar-refractivity contribution is 6.33. The molecule has 2 N–H and O–H groups in total. The minimum atomic E-state index is -0.897. The number of nitrogens with zero attached hydrogens (tertiary/aromatic N) is 5. The van der Waals surface area contributed by atoms with E-state index < -0.39 is 12.0 Å². The lowest BCUT2D eigenvalue weighted by Gasteiger charge is -2.32. The molecule has 1 aliphatic rings. The second kappa shape index (κ2) is 8.93. The van der Waals surface area contributed by atoms with Gasteiger partial charge in [0.15, 0.2) is 0 Å². The first-order valence-electron chi connectivity index (χ1n) is 7.84. The van der Waals surface area contributed by atoms with Gasteiger partial charge in [0.05, 0.1) is 22.9 Å². The van der Waals surface area contributed by atoms with Crippen LogP contribution in [0.2, 0.25) is 5.02 Å². The summed E-state index contributed by atoms with van der Waals surface area (Å²) in [5, 5.41) is 23.3. The fraction of sp³-hybridized carbons (Fsp3) is 0.400. The van der Waals surface area contributed by atoms with Gasteiger partial charge in [-0.05, 0) is 48.0 Å². The number of nitrogens with one attached hydrogen (secondary N) is 1. The normalized spacial score (nSPS) is 17.3. The number of hydrogen-bond donors (Lipinski definition) is 2. The summed E-state index contributed by atoms with van der Waals surface area (Å²) >= 11 is 6.14. The molecule has 1 aliphatic heterocycles. The van der Waals surface area contributed by atoms with E-state index in [2.05, 4.69) is 20.8 Å². The Morgan fingerprint density at radius 2 is 2.15 bits per heavy atom. The first-order chi connectivity index (χ1) is 12.0. The van der Waals surface area contributed by atoms with Crippen molar-refractivity contribution in [2.75, 3.05) is 18.4 Å². The third-order valence-electron chi connectivity index (χ3n) is 4.08. The maximum Gasteiger partial charge on any atom is 0.320 e. The van der Waals surface area contributed by atoms with E-state index in [1.165, 1.54) is 11.0 Å². The van der Waals surface area contributed by atoms with Crippen molar-refractivity contribution >= 4 is 41.6 Å². The maximum absolute atomic E-state index is 12.3. The van der Waals surface area contributed by atoms with Gasteiger partial charge in [-0.25, -0.2) is 4.68 Å². The first-order valence-corrected chi connectivity index (χ1v) is 8.22. The lowest BCUT2D eigenvalue weighted by molar-refractivity contribution is -0.145. The van der Waals surface area contributed by atoms with Gasteiger partial charge in [0.2, 0.25) is 5.91 Å². The van der Waals surface area contributed by atoms with Crippen molar-refractivity contribution < 1.29 is 14.7 Å². The smallest absolute Gasteiger partial charge is 0.320 e. The number of rotatable bonds is 5. The van der Waals surface area contributed by atoms with Crippen LogP contribution in [0.15, 0.2) is 24.5 Å². The zero-order valence-corrected chi connectivity index (χ0v) is 15.3. The number of anilines is 1. The summed E-state index contributed by atoms with van der Waals surface area (Å²) in [5.41, 5.74) is 1.06. The van der Waals surface area contributed by atoms with Crippen molar-refractivity contribution in [3.63, 3.8) is 0 Å². The van der Waals surface area contributed by atoms with Crippen LogP contribution in [-0.2, 0) is 9.59 Å². The van der Waals surface area contributed by atoms with Crippen LogP contribution in [0.5, 0.6) is 0 Å². The molecule has 0 spiro atoms. The third-order valence-corrected chi connectivity index (χ3v) is 4.41. The number of aromatic nitrogens is 4. The number of amides is 1. The van der Waals surface area contributed by atoms with Crippen molar-refractivity contribution in [1.29, 1.82) is 0 Å². The van der Waals surface area contributed by atoms with E-state index in [4.69, 9.17) is 11.6 Å². The summed E-state index contributed by atoms with van der Waals surface area (Å²) in [6.07, 6.45) is 3.72. The predicted octanol–water partition coefficient (Wildman–Crippen LogP) is 1.62. The highest BCUT2D eigenvalue weighted by atomic mass is 35.5. The van der Waals surface area contributed by atoms with Gasteiger partial charge in [-0.3, -0.25) is 14.5 Å². The number of halogens is 2. The molecular weight excluding hydrogens is 383 g/mol. The Morgan fingerprint density at radius 3 is 2.85 bits per heavy atom. The lowest BCUT2D eigenvalue weighted by Crippen LogP contribution is -2.47. The van der Waals surface area contributed by atoms with Gasteiger partial charge in [-0.1, -0.05) is 18.0 Å². The Kier molecular flexibility index (Phi) is 6.90. The Hall–Kier alpha value is -2.23. The fourth-order valence-corrected chi connectivity index (χ4v) is 3.03. The molecule has 0 saturated carbocycles. The molecule has 26 heavy (non-hydrogen) atoms. The van der Waals surface area contributed by atoms with Crippen LogP contribution in [0.25, 0.3) is 5.69 Å². The second-order valence-corrected chi connectivity index (χ2v) is 6.19. The number of tetrazole rings is 1. The van der Waals surface area contributed by atoms with Gasteiger partial charge in [0.1, 0.15) is 12.4 Å². The average Bonchev–Trinajstić information content (AvgIpc) is 3.11. The van der Waals surface area contributed by atoms with Crippen LogP contribution in [0.4, 0.5) is 5.69 Å². The number of carbonyl (C=O) groups is 2. The van der Waals surface area contributed by atoms with Gasteiger partial charge < -0.3 is 10.4 Å². The molecule has 0 radical (unpaired) electrons. The van der Waals surface area contributed by atoms with Gasteiger partial charge >= 0.3 is 5.97 Å². The summed E-state index contributed by atoms with van der Waals surface area (Å²) in [6.45, 7) is 0.588. The van der Waals surface area contributed by atoms with Gasteiger partial charge in [0.25, 0.3) is 0 Å². The number of piperidine rings is 1. The molecule has 140 valence electrons. The van der Waals surface area contributed by atoms with Crippen molar-refractivity contribution in [2.45, 2.75) is 25.3 Å². The van der Waals surface area contributed by atoms with E-state index in [0.29, 0.717) is 29.4 Å². The van der Waals surface area contributed by atoms with Crippen LogP contribution in [-0.4, -0.2) is 61.2 Å². The molecule has 0 bridgehead atoms. The summed E-state index contributed by atoms with van der Waals surface area (Å²) in [6, 6.07) is 4.39. The molecule has 1 aromatic carbocycles. The maximum atomic E-state index is 12.3. The van der Waals surface area contributed by atoms with Crippen molar-refractivity contribution in [2.24, 2.45) is 0 Å². The fourth-order valence-electron chi connectivity index (χ4n) is 2.87. The number of likely N-dealkylation sites (tertiary alicyclic amines) is 1. The molecule has 3 rings (SSSR count). The molecule has 1 fully saturated rings. The Morgan fingerprint density at radius 1 is 1.35 bits per heavy atom. The molecule has 2 heterocycles. The molecule has 1 saturated heterocycles. The summed E-state index contributed by atoms with van der Waals surface area (Å²) in [7, 11) is 0. The number of carboxylic acids is 1. The number of carboxylic acid groups (broad SMARTS) is 1. The average molecular weight is 401 g/mol. The number of carbonyl (C=O) groups excluding carboxylic acids is 1. The molecule has 1 atom stereocenters. The molecular formula is C15H18Cl2N6O3. The molecule has 1 aromatic heterocycles. The molecule has 11 heteroatoms. The Bertz CT molecular complexity index is 771. The van der Waals surface area contributed by atoms with Gasteiger partial charge in [0, 0.05) is 0 Å². The number of benzene rings is 1. The number of aliphatic carboxylic acids is 1. The second-order valence-electron chi connectivity index (χ2n) is 5.79. The summed E-state index contributed by atoms with van der Waals surface area (Å²) in [4.78, 5) is 25.3. The van der Waals surface area contributed by atoms with E-state index >= 15 is 0 Å². The van der Waals surface area contributed by atoms with Crippen molar-refractivity contribution in [3.05, 3.63) is 29.5 Å². The summed E-state index contributed by atoms with van der Waals surface area (Å²) < 4.78 is 1.44. The zero-order chi connectivity index (χ0) is 17.8. The van der Waals surface area contributed by atoms with E-state index in [1.54, 1.807) is 23.1 Å². The van der Waals surface area contributed by atoms with E-state index in [-0.39, 0.29) is 24.9 Å². The van der Waals surface area contributed by atoms with Crippen LogP contribution < -0.4 is 5.32 Å². The van der Waals surface area contributed by atoms with Gasteiger partial charge in [-0.15, -0.1) is 17.5 Å². The number of hydrogen-bond acceptors (Lipinski definition) is 6. The van der Waals surface area contributed by atoms with Crippen LogP contribution >= 0.6 is 24.0 Å². The predicted molar refractivity (Wildman–Crippen MR) is 96.9 cm³/mol. The van der Waals surface area contributed by atoms with E-state index in [1.807, 2.05) is 0 Å².